The van der Waals surface area contributed by atoms with Gasteiger partial charge in [-0.1, -0.05) is 27.2 Å². The van der Waals surface area contributed by atoms with Gasteiger partial charge in [0, 0.05) is 0 Å². The van der Waals surface area contributed by atoms with Crippen molar-refractivity contribution >= 4 is 0 Å². The fourth-order valence-corrected chi connectivity index (χ4v) is 7.16. The molecule has 0 aromatic rings. The summed E-state index contributed by atoms with van der Waals surface area (Å²) in [7, 11) is 0. The molecule has 0 heteroatoms. The highest BCUT2D eigenvalue weighted by molar-refractivity contribution is 5.11. The molecule has 4 fully saturated rings. The molecule has 102 valence electrons. The average Bonchev–Trinajstić information content (AvgIpc) is 2.92. The van der Waals surface area contributed by atoms with E-state index in [2.05, 4.69) is 20.8 Å². The summed E-state index contributed by atoms with van der Waals surface area (Å²) in [5, 5.41) is 0. The maximum absolute atomic E-state index is 2.68. The maximum atomic E-state index is 2.68. The van der Waals surface area contributed by atoms with Crippen LogP contribution in [0.25, 0.3) is 0 Å². The van der Waals surface area contributed by atoms with Crippen molar-refractivity contribution in [2.45, 2.75) is 72.1 Å². The Morgan fingerprint density at radius 2 is 1.67 bits per heavy atom. The summed E-state index contributed by atoms with van der Waals surface area (Å²) in [6.07, 6.45) is 12.4. The van der Waals surface area contributed by atoms with Crippen LogP contribution < -0.4 is 0 Å². The molecule has 7 unspecified atom stereocenters. The van der Waals surface area contributed by atoms with Crippen molar-refractivity contribution in [1.82, 2.24) is 0 Å². The standard InChI is InChI=1S/C18H30/c1-12-6-9-15-14-8-7-13-5-4-10-17(13,2)16(14)11-18(12,15)3/h12-16H,4-11H2,1-3H3. The molecule has 7 atom stereocenters. The van der Waals surface area contributed by atoms with Gasteiger partial charge in [0.1, 0.15) is 0 Å². The lowest BCUT2D eigenvalue weighted by molar-refractivity contribution is 0.0238. The summed E-state index contributed by atoms with van der Waals surface area (Å²) >= 11 is 0. The first-order valence-corrected chi connectivity index (χ1v) is 8.56. The zero-order chi connectivity index (χ0) is 12.5. The van der Waals surface area contributed by atoms with E-state index in [0.717, 1.165) is 40.4 Å². The van der Waals surface area contributed by atoms with Crippen molar-refractivity contribution in [3.63, 3.8) is 0 Å². The van der Waals surface area contributed by atoms with Gasteiger partial charge >= 0.3 is 0 Å². The molecule has 0 aliphatic heterocycles. The number of rotatable bonds is 0. The van der Waals surface area contributed by atoms with E-state index in [0.29, 0.717) is 0 Å². The topological polar surface area (TPSA) is 0 Å². The highest BCUT2D eigenvalue weighted by Gasteiger charge is 2.62. The van der Waals surface area contributed by atoms with Gasteiger partial charge in [0.25, 0.3) is 0 Å². The lowest BCUT2D eigenvalue weighted by atomic mass is 9.58. The van der Waals surface area contributed by atoms with Crippen LogP contribution in [0.2, 0.25) is 0 Å². The monoisotopic (exact) mass is 246 g/mol. The molecule has 18 heavy (non-hydrogen) atoms. The molecule has 0 aromatic carbocycles. The Labute approximate surface area is 113 Å². The van der Waals surface area contributed by atoms with E-state index in [-0.39, 0.29) is 0 Å². The first-order valence-electron chi connectivity index (χ1n) is 8.56. The van der Waals surface area contributed by atoms with Gasteiger partial charge in [0.15, 0.2) is 0 Å². The van der Waals surface area contributed by atoms with Gasteiger partial charge in [0.05, 0.1) is 0 Å². The second kappa shape index (κ2) is 3.55. The minimum Gasteiger partial charge on any atom is -0.0620 e. The van der Waals surface area contributed by atoms with E-state index in [4.69, 9.17) is 0 Å². The first-order chi connectivity index (χ1) is 8.56. The molecule has 4 aliphatic rings. The van der Waals surface area contributed by atoms with E-state index >= 15 is 0 Å². The summed E-state index contributed by atoms with van der Waals surface area (Å²) < 4.78 is 0. The molecule has 0 heterocycles. The molecular weight excluding hydrogens is 216 g/mol. The van der Waals surface area contributed by atoms with Gasteiger partial charge < -0.3 is 0 Å². The van der Waals surface area contributed by atoms with Gasteiger partial charge in [0.2, 0.25) is 0 Å². The molecule has 0 aromatic heterocycles. The zero-order valence-corrected chi connectivity index (χ0v) is 12.5. The van der Waals surface area contributed by atoms with Crippen molar-refractivity contribution in [1.29, 1.82) is 0 Å². The van der Waals surface area contributed by atoms with Crippen LogP contribution in [0.3, 0.4) is 0 Å². The molecule has 4 rings (SSSR count). The third-order valence-electron chi connectivity index (χ3n) is 8.47. The van der Waals surface area contributed by atoms with Crippen LogP contribution in [-0.4, -0.2) is 0 Å². The van der Waals surface area contributed by atoms with Gasteiger partial charge in [-0.3, -0.25) is 0 Å². The van der Waals surface area contributed by atoms with Gasteiger partial charge in [-0.05, 0) is 85.4 Å². The Hall–Kier alpha value is 0. The fourth-order valence-electron chi connectivity index (χ4n) is 7.16. The van der Waals surface area contributed by atoms with Crippen molar-refractivity contribution in [2.24, 2.45) is 40.4 Å². The van der Waals surface area contributed by atoms with Crippen LogP contribution in [0, 0.1) is 40.4 Å². The van der Waals surface area contributed by atoms with Crippen LogP contribution in [0.5, 0.6) is 0 Å². The van der Waals surface area contributed by atoms with E-state index in [1.54, 1.807) is 38.5 Å². The molecule has 0 saturated heterocycles. The van der Waals surface area contributed by atoms with E-state index in [9.17, 15) is 0 Å². The van der Waals surface area contributed by atoms with Crippen molar-refractivity contribution in [3.05, 3.63) is 0 Å². The molecule has 0 amide bonds. The SMILES string of the molecule is CC1CCC2C3CCC4CCCC4(C)C3CC12C. The molecule has 0 nitrogen and oxygen atoms in total. The number of hydrogen-bond acceptors (Lipinski definition) is 0. The second-order valence-electron chi connectivity index (χ2n) is 8.74. The smallest absolute Gasteiger partial charge is 0.0266 e. The first kappa shape index (κ1) is 11.8. The van der Waals surface area contributed by atoms with Crippen LogP contribution in [0.1, 0.15) is 72.1 Å². The van der Waals surface area contributed by atoms with Crippen LogP contribution in [0.4, 0.5) is 0 Å². The number of hydrogen-bond donors (Lipinski definition) is 0. The normalized spacial score (nSPS) is 62.5. The summed E-state index contributed by atoms with van der Waals surface area (Å²) in [5.41, 5.74) is 1.46. The summed E-state index contributed by atoms with van der Waals surface area (Å²) in [5.74, 6) is 5.39. The highest BCUT2D eigenvalue weighted by Crippen LogP contribution is 2.70. The van der Waals surface area contributed by atoms with Gasteiger partial charge in [-0.2, -0.15) is 0 Å². The predicted molar refractivity (Wildman–Crippen MR) is 76.3 cm³/mol. The van der Waals surface area contributed by atoms with Crippen molar-refractivity contribution in [2.75, 3.05) is 0 Å². The fraction of sp³-hybridized carbons (Fsp3) is 1.00. The third kappa shape index (κ3) is 1.23. The molecule has 0 spiro atoms. The van der Waals surface area contributed by atoms with Crippen molar-refractivity contribution in [3.8, 4) is 0 Å². The Kier molecular flexibility index (Phi) is 2.33. The average molecular weight is 246 g/mol. The summed E-state index contributed by atoms with van der Waals surface area (Å²) in [6, 6.07) is 0. The summed E-state index contributed by atoms with van der Waals surface area (Å²) in [6.45, 7) is 7.88. The highest BCUT2D eigenvalue weighted by atomic mass is 14.7. The van der Waals surface area contributed by atoms with E-state index in [1.807, 2.05) is 0 Å². The molecular formula is C18H30. The van der Waals surface area contributed by atoms with Crippen LogP contribution in [-0.2, 0) is 0 Å². The van der Waals surface area contributed by atoms with Gasteiger partial charge in [-0.15, -0.1) is 0 Å². The third-order valence-corrected chi connectivity index (χ3v) is 8.47. The molecule has 0 radical (unpaired) electrons. The second-order valence-corrected chi connectivity index (χ2v) is 8.74. The van der Waals surface area contributed by atoms with Gasteiger partial charge in [-0.25, -0.2) is 0 Å². The van der Waals surface area contributed by atoms with Crippen LogP contribution >= 0.6 is 0 Å². The predicted octanol–water partition coefficient (Wildman–Crippen LogP) is 5.28. The zero-order valence-electron chi connectivity index (χ0n) is 12.5. The minimum absolute atomic E-state index is 0.718. The largest absolute Gasteiger partial charge is 0.0620 e. The number of fused-ring (bicyclic) bond motifs is 5. The molecule has 0 bridgehead atoms. The lowest BCUT2D eigenvalue weighted by Crippen LogP contribution is -2.39. The molecule has 0 N–H and O–H groups in total. The Morgan fingerprint density at radius 1 is 0.833 bits per heavy atom. The van der Waals surface area contributed by atoms with E-state index < -0.39 is 0 Å². The molecule has 4 saturated carbocycles. The lowest BCUT2D eigenvalue weighted by Gasteiger charge is -2.47. The quantitative estimate of drug-likeness (QED) is 0.546. The Morgan fingerprint density at radius 3 is 2.50 bits per heavy atom. The summed E-state index contributed by atoms with van der Waals surface area (Å²) in [4.78, 5) is 0. The Balaban J connectivity index is 1.70. The minimum atomic E-state index is 0.718. The molecule has 4 aliphatic carbocycles. The van der Waals surface area contributed by atoms with E-state index in [1.165, 1.54) is 12.8 Å². The van der Waals surface area contributed by atoms with Crippen LogP contribution in [0.15, 0.2) is 0 Å². The van der Waals surface area contributed by atoms with Crippen molar-refractivity contribution < 1.29 is 0 Å². The maximum Gasteiger partial charge on any atom is -0.0266 e. The Bertz CT molecular complexity index is 359.